The van der Waals surface area contributed by atoms with Crippen LogP contribution in [0.15, 0.2) is 18.2 Å². The van der Waals surface area contributed by atoms with Crippen LogP contribution in [0.2, 0.25) is 0 Å². The van der Waals surface area contributed by atoms with Gasteiger partial charge in [-0.25, -0.2) is 4.39 Å². The van der Waals surface area contributed by atoms with E-state index in [9.17, 15) is 9.18 Å². The van der Waals surface area contributed by atoms with Gasteiger partial charge in [-0.1, -0.05) is 0 Å². The number of anilines is 2. The van der Waals surface area contributed by atoms with Crippen LogP contribution in [0.25, 0.3) is 0 Å². The number of halogens is 1. The molecule has 86 valence electrons. The van der Waals surface area contributed by atoms with E-state index >= 15 is 0 Å². The summed E-state index contributed by atoms with van der Waals surface area (Å²) >= 11 is 0. The van der Waals surface area contributed by atoms with Crippen molar-refractivity contribution in [2.45, 2.75) is 12.5 Å². The molecule has 0 aromatic heterocycles. The number of nitrogens with zero attached hydrogens (tertiary/aromatic N) is 1. The normalized spacial score (nSPS) is 19.3. The molecule has 16 heavy (non-hydrogen) atoms. The van der Waals surface area contributed by atoms with Crippen molar-refractivity contribution in [3.05, 3.63) is 24.0 Å². The molecule has 4 nitrogen and oxygen atoms in total. The van der Waals surface area contributed by atoms with Crippen molar-refractivity contribution < 1.29 is 9.18 Å². The average molecular weight is 223 g/mol. The fourth-order valence-corrected chi connectivity index (χ4v) is 1.94. The summed E-state index contributed by atoms with van der Waals surface area (Å²) in [6.45, 7) is 0.424. The highest BCUT2D eigenvalue weighted by Gasteiger charge is 2.29. The molecule has 1 atom stereocenters. The number of fused-ring (bicyclic) bond motifs is 1. The molecule has 0 aliphatic carbocycles. The SMILES string of the molecule is CN1c2cc(F)ccc2NC(=O)C1CCN. The van der Waals surface area contributed by atoms with Gasteiger partial charge in [-0.15, -0.1) is 0 Å². The molecule has 2 rings (SSSR count). The number of benzene rings is 1. The molecular weight excluding hydrogens is 209 g/mol. The van der Waals surface area contributed by atoms with Crippen LogP contribution in [0, 0.1) is 5.82 Å². The second-order valence-electron chi connectivity index (χ2n) is 3.85. The minimum atomic E-state index is -0.320. The lowest BCUT2D eigenvalue weighted by atomic mass is 10.1. The molecular formula is C11H14FN3O. The molecule has 1 aliphatic heterocycles. The van der Waals surface area contributed by atoms with Gasteiger partial charge in [0, 0.05) is 7.05 Å². The predicted octanol–water partition coefficient (Wildman–Crippen LogP) is 0.931. The summed E-state index contributed by atoms with van der Waals surface area (Å²) in [6.07, 6.45) is 0.554. The van der Waals surface area contributed by atoms with Crippen molar-refractivity contribution in [3.63, 3.8) is 0 Å². The van der Waals surface area contributed by atoms with Crippen molar-refractivity contribution in [1.82, 2.24) is 0 Å². The Morgan fingerprint density at radius 3 is 3.00 bits per heavy atom. The van der Waals surface area contributed by atoms with Crippen LogP contribution in [0.3, 0.4) is 0 Å². The van der Waals surface area contributed by atoms with Gasteiger partial charge in [0.25, 0.3) is 0 Å². The van der Waals surface area contributed by atoms with Crippen LogP contribution in [0.4, 0.5) is 15.8 Å². The van der Waals surface area contributed by atoms with Crippen LogP contribution >= 0.6 is 0 Å². The second-order valence-corrected chi connectivity index (χ2v) is 3.85. The minimum absolute atomic E-state index is 0.0907. The van der Waals surface area contributed by atoms with Crippen LogP contribution in [0.5, 0.6) is 0 Å². The standard InChI is InChI=1S/C11H14FN3O/c1-15-9(4-5-13)11(16)14-8-3-2-7(12)6-10(8)15/h2-3,6,9H,4-5,13H2,1H3,(H,14,16). The molecule has 3 N–H and O–H groups in total. The first-order valence-corrected chi connectivity index (χ1v) is 5.17. The number of rotatable bonds is 2. The maximum atomic E-state index is 13.1. The van der Waals surface area contributed by atoms with Gasteiger partial charge in [-0.2, -0.15) is 0 Å². The van der Waals surface area contributed by atoms with E-state index in [1.807, 2.05) is 0 Å². The monoisotopic (exact) mass is 223 g/mol. The van der Waals surface area contributed by atoms with E-state index in [1.165, 1.54) is 12.1 Å². The number of carbonyl (C=O) groups is 1. The van der Waals surface area contributed by atoms with Crippen LogP contribution in [0.1, 0.15) is 6.42 Å². The number of nitrogens with two attached hydrogens (primary N) is 1. The fourth-order valence-electron chi connectivity index (χ4n) is 1.94. The highest BCUT2D eigenvalue weighted by atomic mass is 19.1. The van der Waals surface area contributed by atoms with E-state index in [0.717, 1.165) is 0 Å². The Hall–Kier alpha value is -1.62. The summed E-state index contributed by atoms with van der Waals surface area (Å²) in [5.41, 5.74) is 6.79. The molecule has 5 heteroatoms. The highest BCUT2D eigenvalue weighted by molar-refractivity contribution is 6.03. The number of hydrogen-bond donors (Lipinski definition) is 2. The van der Waals surface area contributed by atoms with E-state index < -0.39 is 0 Å². The lowest BCUT2D eigenvalue weighted by molar-refractivity contribution is -0.117. The number of nitrogens with one attached hydrogen (secondary N) is 1. The lowest BCUT2D eigenvalue weighted by Gasteiger charge is -2.35. The number of carbonyl (C=O) groups excluding carboxylic acids is 1. The summed E-state index contributed by atoms with van der Waals surface area (Å²) in [5, 5.41) is 2.75. The van der Waals surface area contributed by atoms with Gasteiger partial charge in [0.2, 0.25) is 5.91 Å². The van der Waals surface area contributed by atoms with Crippen molar-refractivity contribution in [3.8, 4) is 0 Å². The first kappa shape index (κ1) is 10.9. The Kier molecular flexibility index (Phi) is 2.78. The summed E-state index contributed by atoms with van der Waals surface area (Å²) in [4.78, 5) is 13.5. The molecule has 0 saturated heterocycles. The van der Waals surface area contributed by atoms with Crippen LogP contribution in [-0.4, -0.2) is 25.5 Å². The lowest BCUT2D eigenvalue weighted by Crippen LogP contribution is -2.47. The molecule has 1 aliphatic rings. The van der Waals surface area contributed by atoms with E-state index in [4.69, 9.17) is 5.73 Å². The van der Waals surface area contributed by atoms with Gasteiger partial charge in [0.15, 0.2) is 0 Å². The molecule has 0 saturated carbocycles. The number of hydrogen-bond acceptors (Lipinski definition) is 3. The fraction of sp³-hybridized carbons (Fsp3) is 0.364. The molecule has 1 heterocycles. The average Bonchev–Trinajstić information content (AvgIpc) is 2.26. The van der Waals surface area contributed by atoms with Crippen molar-refractivity contribution >= 4 is 17.3 Å². The van der Waals surface area contributed by atoms with Gasteiger partial charge >= 0.3 is 0 Å². The maximum absolute atomic E-state index is 13.1. The summed E-state index contributed by atoms with van der Waals surface area (Å²) < 4.78 is 13.1. The van der Waals surface area contributed by atoms with Gasteiger partial charge in [-0.05, 0) is 31.2 Å². The third-order valence-corrected chi connectivity index (χ3v) is 2.81. The molecule has 0 fully saturated rings. The number of likely N-dealkylation sites (N-methyl/N-ethyl adjacent to an activating group) is 1. The van der Waals surface area contributed by atoms with Gasteiger partial charge in [-0.3, -0.25) is 4.79 Å². The molecule has 1 unspecified atom stereocenters. The Morgan fingerprint density at radius 2 is 2.31 bits per heavy atom. The molecule has 1 aromatic carbocycles. The second kappa shape index (κ2) is 4.09. The van der Waals surface area contributed by atoms with Gasteiger partial charge in [0.05, 0.1) is 11.4 Å². The summed E-state index contributed by atoms with van der Waals surface area (Å²) in [5.74, 6) is -0.402. The quantitative estimate of drug-likeness (QED) is 0.784. The number of amides is 1. The zero-order valence-corrected chi connectivity index (χ0v) is 9.03. The van der Waals surface area contributed by atoms with E-state index in [0.29, 0.717) is 24.3 Å². The zero-order chi connectivity index (χ0) is 11.7. The first-order valence-electron chi connectivity index (χ1n) is 5.17. The zero-order valence-electron chi connectivity index (χ0n) is 9.03. The van der Waals surface area contributed by atoms with E-state index in [1.54, 1.807) is 18.0 Å². The third-order valence-electron chi connectivity index (χ3n) is 2.81. The highest BCUT2D eigenvalue weighted by Crippen LogP contribution is 2.32. The van der Waals surface area contributed by atoms with Crippen molar-refractivity contribution in [2.24, 2.45) is 5.73 Å². The van der Waals surface area contributed by atoms with Gasteiger partial charge < -0.3 is 16.0 Å². The van der Waals surface area contributed by atoms with E-state index in [2.05, 4.69) is 5.32 Å². The molecule has 0 spiro atoms. The smallest absolute Gasteiger partial charge is 0.247 e. The Morgan fingerprint density at radius 1 is 1.56 bits per heavy atom. The Labute approximate surface area is 93.2 Å². The van der Waals surface area contributed by atoms with E-state index in [-0.39, 0.29) is 17.8 Å². The maximum Gasteiger partial charge on any atom is 0.247 e. The molecule has 1 amide bonds. The summed E-state index contributed by atoms with van der Waals surface area (Å²) in [7, 11) is 1.78. The third kappa shape index (κ3) is 1.74. The van der Waals surface area contributed by atoms with Crippen molar-refractivity contribution in [1.29, 1.82) is 0 Å². The van der Waals surface area contributed by atoms with Crippen LogP contribution < -0.4 is 16.0 Å². The largest absolute Gasteiger partial charge is 0.361 e. The Bertz CT molecular complexity index is 422. The van der Waals surface area contributed by atoms with Crippen LogP contribution in [-0.2, 0) is 4.79 Å². The molecule has 0 bridgehead atoms. The summed E-state index contributed by atoms with van der Waals surface area (Å²) in [6, 6.07) is 3.99. The predicted molar refractivity (Wildman–Crippen MR) is 60.9 cm³/mol. The van der Waals surface area contributed by atoms with Crippen molar-refractivity contribution in [2.75, 3.05) is 23.8 Å². The molecule has 1 aromatic rings. The minimum Gasteiger partial charge on any atom is -0.361 e. The molecule has 0 radical (unpaired) electrons. The topological polar surface area (TPSA) is 58.4 Å². The Balaban J connectivity index is 2.38. The van der Waals surface area contributed by atoms with Gasteiger partial charge in [0.1, 0.15) is 11.9 Å². The first-order chi connectivity index (χ1) is 7.63.